The molecule has 1 aromatic heterocycles. The van der Waals surface area contributed by atoms with E-state index < -0.39 is 0 Å². The van der Waals surface area contributed by atoms with Gasteiger partial charge in [0.1, 0.15) is 0 Å². The van der Waals surface area contributed by atoms with Gasteiger partial charge in [0.15, 0.2) is 0 Å². The molecule has 1 aliphatic rings. The largest absolute Gasteiger partial charge is 0.390 e. The highest BCUT2D eigenvalue weighted by Gasteiger charge is 2.14. The number of nitrogens with one attached hydrogen (secondary N) is 1. The Morgan fingerprint density at radius 1 is 1.39 bits per heavy atom. The number of nitrogens with zero attached hydrogens (tertiary/aromatic N) is 3. The Kier molecular flexibility index (Phi) is 5.60. The third-order valence-electron chi connectivity index (χ3n) is 3.03. The topological polar surface area (TPSA) is 62.5 Å². The molecule has 18 heavy (non-hydrogen) atoms. The van der Waals surface area contributed by atoms with Crippen LogP contribution < -0.4 is 5.32 Å². The summed E-state index contributed by atoms with van der Waals surface area (Å²) >= 11 is 0. The van der Waals surface area contributed by atoms with Crippen molar-refractivity contribution in [2.24, 2.45) is 0 Å². The number of rotatable bonds is 7. The SMILES string of the molecule is O[C@H](CNCCn1cccn1)CN1CCOCC1. The summed E-state index contributed by atoms with van der Waals surface area (Å²) in [5.74, 6) is 0. The van der Waals surface area contributed by atoms with Crippen LogP contribution in [-0.4, -0.2) is 71.8 Å². The second kappa shape index (κ2) is 7.48. The van der Waals surface area contributed by atoms with E-state index >= 15 is 0 Å². The van der Waals surface area contributed by atoms with E-state index in [4.69, 9.17) is 4.74 Å². The Morgan fingerprint density at radius 3 is 2.94 bits per heavy atom. The average molecular weight is 254 g/mol. The average Bonchev–Trinajstić information content (AvgIpc) is 2.89. The Labute approximate surface area is 108 Å². The third kappa shape index (κ3) is 4.73. The highest BCUT2D eigenvalue weighted by atomic mass is 16.5. The predicted molar refractivity (Wildman–Crippen MR) is 68.4 cm³/mol. The molecule has 6 heteroatoms. The predicted octanol–water partition coefficient (Wildman–Crippen LogP) is -0.834. The van der Waals surface area contributed by atoms with Crippen LogP contribution in [0.5, 0.6) is 0 Å². The van der Waals surface area contributed by atoms with Crippen molar-refractivity contribution in [3.8, 4) is 0 Å². The number of aliphatic hydroxyl groups excluding tert-OH is 1. The van der Waals surface area contributed by atoms with Gasteiger partial charge in [-0.3, -0.25) is 9.58 Å². The van der Waals surface area contributed by atoms with Crippen LogP contribution in [0, 0.1) is 0 Å². The van der Waals surface area contributed by atoms with Gasteiger partial charge in [-0.1, -0.05) is 0 Å². The molecular formula is C12H22N4O2. The minimum Gasteiger partial charge on any atom is -0.390 e. The normalized spacial score (nSPS) is 18.9. The zero-order valence-corrected chi connectivity index (χ0v) is 10.7. The van der Waals surface area contributed by atoms with E-state index in [9.17, 15) is 5.11 Å². The molecular weight excluding hydrogens is 232 g/mol. The maximum absolute atomic E-state index is 9.89. The van der Waals surface area contributed by atoms with Crippen molar-refractivity contribution in [2.45, 2.75) is 12.6 Å². The van der Waals surface area contributed by atoms with Gasteiger partial charge in [-0.2, -0.15) is 5.10 Å². The van der Waals surface area contributed by atoms with Gasteiger partial charge in [-0.05, 0) is 6.07 Å². The Balaban J connectivity index is 1.52. The van der Waals surface area contributed by atoms with Gasteiger partial charge < -0.3 is 15.2 Å². The molecule has 1 aromatic rings. The van der Waals surface area contributed by atoms with E-state index in [1.165, 1.54) is 0 Å². The fraction of sp³-hybridized carbons (Fsp3) is 0.750. The molecule has 0 bridgehead atoms. The van der Waals surface area contributed by atoms with Crippen molar-refractivity contribution in [3.63, 3.8) is 0 Å². The van der Waals surface area contributed by atoms with Gasteiger partial charge in [0.2, 0.25) is 0 Å². The van der Waals surface area contributed by atoms with Crippen molar-refractivity contribution < 1.29 is 9.84 Å². The molecule has 2 heterocycles. The standard InChI is InChI=1S/C12H22N4O2/c17-12(11-15-6-8-18-9-7-15)10-13-3-5-16-4-1-2-14-16/h1-2,4,12-13,17H,3,5-11H2/t12-/m1/s1. The van der Waals surface area contributed by atoms with E-state index in [2.05, 4.69) is 15.3 Å². The van der Waals surface area contributed by atoms with E-state index in [1.807, 2.05) is 16.9 Å². The lowest BCUT2D eigenvalue weighted by Gasteiger charge is -2.28. The van der Waals surface area contributed by atoms with Gasteiger partial charge in [0, 0.05) is 45.1 Å². The van der Waals surface area contributed by atoms with Crippen molar-refractivity contribution in [3.05, 3.63) is 18.5 Å². The molecule has 6 nitrogen and oxygen atoms in total. The molecule has 0 radical (unpaired) electrons. The lowest BCUT2D eigenvalue weighted by Crippen LogP contribution is -2.44. The Bertz CT molecular complexity index is 312. The maximum atomic E-state index is 9.89. The fourth-order valence-corrected chi connectivity index (χ4v) is 2.04. The fourth-order valence-electron chi connectivity index (χ4n) is 2.04. The number of hydrogen-bond donors (Lipinski definition) is 2. The first-order valence-electron chi connectivity index (χ1n) is 6.51. The van der Waals surface area contributed by atoms with Gasteiger partial charge in [0.25, 0.3) is 0 Å². The molecule has 1 aliphatic heterocycles. The summed E-state index contributed by atoms with van der Waals surface area (Å²) in [6, 6.07) is 1.91. The van der Waals surface area contributed by atoms with E-state index in [0.717, 1.165) is 45.9 Å². The Hall–Kier alpha value is -0.950. The number of hydrogen-bond acceptors (Lipinski definition) is 5. The first kappa shape index (κ1) is 13.5. The summed E-state index contributed by atoms with van der Waals surface area (Å²) in [6.07, 6.45) is 3.39. The number of aromatic nitrogens is 2. The quantitative estimate of drug-likeness (QED) is 0.622. The van der Waals surface area contributed by atoms with Crippen LogP contribution in [0.2, 0.25) is 0 Å². The van der Waals surface area contributed by atoms with Gasteiger partial charge in [-0.15, -0.1) is 0 Å². The molecule has 1 saturated heterocycles. The number of β-amino-alcohol motifs (C(OH)–C–C–N with tert-alkyl or cyclic N) is 1. The zero-order valence-electron chi connectivity index (χ0n) is 10.7. The molecule has 0 amide bonds. The van der Waals surface area contributed by atoms with Crippen molar-refractivity contribution in [1.82, 2.24) is 20.0 Å². The first-order valence-corrected chi connectivity index (χ1v) is 6.51. The number of ether oxygens (including phenoxy) is 1. The zero-order chi connectivity index (χ0) is 12.6. The van der Waals surface area contributed by atoms with Gasteiger partial charge >= 0.3 is 0 Å². The maximum Gasteiger partial charge on any atom is 0.0791 e. The summed E-state index contributed by atoms with van der Waals surface area (Å²) in [5, 5.41) is 17.3. The minimum atomic E-state index is -0.319. The monoisotopic (exact) mass is 254 g/mol. The summed E-state index contributed by atoms with van der Waals surface area (Å²) < 4.78 is 7.15. The van der Waals surface area contributed by atoms with E-state index in [0.29, 0.717) is 6.54 Å². The first-order chi connectivity index (χ1) is 8.84. The van der Waals surface area contributed by atoms with Crippen molar-refractivity contribution in [2.75, 3.05) is 45.9 Å². The summed E-state index contributed by atoms with van der Waals surface area (Å²) in [6.45, 7) is 6.39. The van der Waals surface area contributed by atoms with Crippen LogP contribution in [0.4, 0.5) is 0 Å². The molecule has 0 saturated carbocycles. The van der Waals surface area contributed by atoms with E-state index in [-0.39, 0.29) is 6.10 Å². The molecule has 0 aliphatic carbocycles. The second-order valence-corrected chi connectivity index (χ2v) is 4.54. The molecule has 0 unspecified atom stereocenters. The number of aliphatic hydroxyl groups is 1. The smallest absolute Gasteiger partial charge is 0.0791 e. The highest BCUT2D eigenvalue weighted by Crippen LogP contribution is 1.98. The molecule has 1 fully saturated rings. The lowest BCUT2D eigenvalue weighted by molar-refractivity contribution is 0.0149. The van der Waals surface area contributed by atoms with Crippen LogP contribution in [0.25, 0.3) is 0 Å². The van der Waals surface area contributed by atoms with Crippen LogP contribution in [-0.2, 0) is 11.3 Å². The highest BCUT2D eigenvalue weighted by molar-refractivity contribution is 4.77. The molecule has 1 atom stereocenters. The van der Waals surface area contributed by atoms with Crippen LogP contribution in [0.15, 0.2) is 18.5 Å². The van der Waals surface area contributed by atoms with Crippen LogP contribution in [0.3, 0.4) is 0 Å². The van der Waals surface area contributed by atoms with Gasteiger partial charge in [-0.25, -0.2) is 0 Å². The number of morpholine rings is 1. The van der Waals surface area contributed by atoms with Crippen LogP contribution >= 0.6 is 0 Å². The third-order valence-corrected chi connectivity index (χ3v) is 3.03. The molecule has 102 valence electrons. The molecule has 0 spiro atoms. The van der Waals surface area contributed by atoms with Crippen molar-refractivity contribution >= 4 is 0 Å². The van der Waals surface area contributed by atoms with Gasteiger partial charge in [0.05, 0.1) is 25.9 Å². The molecule has 2 N–H and O–H groups in total. The minimum absolute atomic E-state index is 0.319. The second-order valence-electron chi connectivity index (χ2n) is 4.54. The summed E-state index contributed by atoms with van der Waals surface area (Å²) in [7, 11) is 0. The molecule has 0 aromatic carbocycles. The Morgan fingerprint density at radius 2 is 2.22 bits per heavy atom. The lowest BCUT2D eigenvalue weighted by atomic mass is 10.3. The van der Waals surface area contributed by atoms with E-state index in [1.54, 1.807) is 6.20 Å². The van der Waals surface area contributed by atoms with Crippen molar-refractivity contribution in [1.29, 1.82) is 0 Å². The molecule has 2 rings (SSSR count). The summed E-state index contributed by atoms with van der Waals surface area (Å²) in [4.78, 5) is 2.24. The summed E-state index contributed by atoms with van der Waals surface area (Å²) in [5.41, 5.74) is 0. The van der Waals surface area contributed by atoms with Crippen LogP contribution in [0.1, 0.15) is 0 Å².